The standard InChI is InChI=1S/C19H22N4O3S/c1-4-25-16-8-7-14(10-17(16)24-3)12-22(2)13-23-19(27)26-18(21-23)15-6-5-9-20-11-15/h5-11H,4,12-13H2,1-3H3. The molecular formula is C19H22N4O3S. The van der Waals surface area contributed by atoms with E-state index >= 15 is 0 Å². The average molecular weight is 386 g/mol. The SMILES string of the molecule is CCOc1ccc(CN(C)Cn2nc(-c3cccnc3)oc2=S)cc1OC. The summed E-state index contributed by atoms with van der Waals surface area (Å²) in [6, 6.07) is 9.64. The van der Waals surface area contributed by atoms with Crippen LogP contribution in [0.5, 0.6) is 11.5 Å². The molecule has 7 nitrogen and oxygen atoms in total. The zero-order valence-electron chi connectivity index (χ0n) is 15.6. The highest BCUT2D eigenvalue weighted by Crippen LogP contribution is 2.28. The minimum Gasteiger partial charge on any atom is -0.493 e. The van der Waals surface area contributed by atoms with E-state index in [9.17, 15) is 0 Å². The van der Waals surface area contributed by atoms with Crippen LogP contribution >= 0.6 is 12.2 Å². The van der Waals surface area contributed by atoms with Crippen LogP contribution in [-0.4, -0.2) is 40.4 Å². The molecule has 1 aromatic carbocycles. The second kappa shape index (κ2) is 8.79. The van der Waals surface area contributed by atoms with E-state index in [4.69, 9.17) is 26.1 Å². The first-order valence-electron chi connectivity index (χ1n) is 8.57. The van der Waals surface area contributed by atoms with E-state index in [2.05, 4.69) is 15.0 Å². The largest absolute Gasteiger partial charge is 0.493 e. The summed E-state index contributed by atoms with van der Waals surface area (Å²) in [7, 11) is 3.63. The van der Waals surface area contributed by atoms with Crippen LogP contribution in [0.1, 0.15) is 12.5 Å². The van der Waals surface area contributed by atoms with E-state index in [0.29, 0.717) is 30.5 Å². The third kappa shape index (κ3) is 4.72. The van der Waals surface area contributed by atoms with Crippen molar-refractivity contribution < 1.29 is 13.9 Å². The molecule has 0 spiro atoms. The van der Waals surface area contributed by atoms with Gasteiger partial charge in [-0.05, 0) is 56.0 Å². The number of pyridine rings is 1. The molecule has 2 aromatic heterocycles. The van der Waals surface area contributed by atoms with Crippen LogP contribution < -0.4 is 9.47 Å². The smallest absolute Gasteiger partial charge is 0.288 e. The quantitative estimate of drug-likeness (QED) is 0.546. The number of aromatic nitrogens is 3. The maximum absolute atomic E-state index is 5.59. The van der Waals surface area contributed by atoms with Gasteiger partial charge in [-0.3, -0.25) is 9.88 Å². The molecule has 0 N–H and O–H groups in total. The maximum atomic E-state index is 5.59. The Bertz CT molecular complexity index is 940. The average Bonchev–Trinajstić information content (AvgIpc) is 3.04. The Morgan fingerprint density at radius 3 is 2.81 bits per heavy atom. The van der Waals surface area contributed by atoms with Crippen LogP contribution in [0.25, 0.3) is 11.5 Å². The minimum atomic E-state index is 0.324. The predicted octanol–water partition coefficient (Wildman–Crippen LogP) is 3.76. The molecule has 3 aromatic rings. The number of hydrogen-bond acceptors (Lipinski definition) is 7. The summed E-state index contributed by atoms with van der Waals surface area (Å²) in [4.78, 5) is 6.49. The lowest BCUT2D eigenvalue weighted by Gasteiger charge is -2.17. The molecular weight excluding hydrogens is 364 g/mol. The van der Waals surface area contributed by atoms with Crippen molar-refractivity contribution in [3.8, 4) is 23.0 Å². The maximum Gasteiger partial charge on any atom is 0.288 e. The minimum absolute atomic E-state index is 0.324. The lowest BCUT2D eigenvalue weighted by molar-refractivity contribution is 0.240. The first-order chi connectivity index (χ1) is 13.1. The summed E-state index contributed by atoms with van der Waals surface area (Å²) in [6.45, 7) is 3.74. The van der Waals surface area contributed by atoms with Crippen LogP contribution in [0.3, 0.4) is 0 Å². The fourth-order valence-electron chi connectivity index (χ4n) is 2.68. The molecule has 142 valence electrons. The monoisotopic (exact) mass is 386 g/mol. The third-order valence-corrected chi connectivity index (χ3v) is 4.16. The van der Waals surface area contributed by atoms with E-state index in [1.54, 1.807) is 24.2 Å². The number of rotatable bonds is 8. The van der Waals surface area contributed by atoms with Gasteiger partial charge in [-0.1, -0.05) is 6.07 Å². The fraction of sp³-hybridized carbons (Fsp3) is 0.316. The van der Waals surface area contributed by atoms with Crippen molar-refractivity contribution in [2.45, 2.75) is 20.1 Å². The van der Waals surface area contributed by atoms with Gasteiger partial charge in [0, 0.05) is 18.9 Å². The van der Waals surface area contributed by atoms with Gasteiger partial charge in [0.2, 0.25) is 5.89 Å². The molecule has 0 aliphatic rings. The van der Waals surface area contributed by atoms with Gasteiger partial charge < -0.3 is 13.9 Å². The van der Waals surface area contributed by atoms with E-state index in [1.165, 1.54) is 0 Å². The first kappa shape index (κ1) is 19.1. The molecule has 27 heavy (non-hydrogen) atoms. The van der Waals surface area contributed by atoms with Gasteiger partial charge in [0.25, 0.3) is 4.84 Å². The Morgan fingerprint density at radius 2 is 2.11 bits per heavy atom. The molecule has 0 bridgehead atoms. The summed E-state index contributed by atoms with van der Waals surface area (Å²) in [6.07, 6.45) is 3.40. The van der Waals surface area contributed by atoms with Crippen molar-refractivity contribution in [3.63, 3.8) is 0 Å². The van der Waals surface area contributed by atoms with Crippen molar-refractivity contribution in [1.82, 2.24) is 19.7 Å². The van der Waals surface area contributed by atoms with Crippen LogP contribution in [0.4, 0.5) is 0 Å². The Kier molecular flexibility index (Phi) is 6.20. The molecule has 0 amide bonds. The normalized spacial score (nSPS) is 11.0. The third-order valence-electron chi connectivity index (χ3n) is 3.87. The number of benzene rings is 1. The molecule has 0 aliphatic heterocycles. The van der Waals surface area contributed by atoms with Crippen molar-refractivity contribution in [2.75, 3.05) is 20.8 Å². The molecule has 2 heterocycles. The van der Waals surface area contributed by atoms with Crippen molar-refractivity contribution in [2.24, 2.45) is 0 Å². The number of nitrogens with zero attached hydrogens (tertiary/aromatic N) is 4. The van der Waals surface area contributed by atoms with Gasteiger partial charge in [-0.15, -0.1) is 5.10 Å². The van der Waals surface area contributed by atoms with Crippen molar-refractivity contribution in [1.29, 1.82) is 0 Å². The van der Waals surface area contributed by atoms with Gasteiger partial charge >= 0.3 is 0 Å². The Labute approximate surface area is 163 Å². The van der Waals surface area contributed by atoms with Gasteiger partial charge in [0.15, 0.2) is 11.5 Å². The van der Waals surface area contributed by atoms with Gasteiger partial charge in [0.1, 0.15) is 0 Å². The summed E-state index contributed by atoms with van der Waals surface area (Å²) in [5.41, 5.74) is 1.89. The Morgan fingerprint density at radius 1 is 1.26 bits per heavy atom. The lowest BCUT2D eigenvalue weighted by atomic mass is 10.2. The molecule has 3 rings (SSSR count). The Balaban J connectivity index is 1.70. The summed E-state index contributed by atoms with van der Waals surface area (Å²) < 4.78 is 18.2. The molecule has 0 saturated carbocycles. The molecule has 0 aliphatic carbocycles. The van der Waals surface area contributed by atoms with Crippen LogP contribution in [0.15, 0.2) is 47.1 Å². The second-order valence-electron chi connectivity index (χ2n) is 5.99. The van der Waals surface area contributed by atoms with Gasteiger partial charge in [0.05, 0.1) is 25.9 Å². The highest BCUT2D eigenvalue weighted by molar-refractivity contribution is 7.71. The summed E-state index contributed by atoms with van der Waals surface area (Å²) in [5, 5.41) is 4.45. The van der Waals surface area contributed by atoms with E-state index in [1.807, 2.05) is 44.3 Å². The van der Waals surface area contributed by atoms with Crippen LogP contribution in [0.2, 0.25) is 0 Å². The number of methoxy groups -OCH3 is 1. The molecule has 0 saturated heterocycles. The van der Waals surface area contributed by atoms with Crippen LogP contribution in [0, 0.1) is 4.84 Å². The highest BCUT2D eigenvalue weighted by Gasteiger charge is 2.11. The predicted molar refractivity (Wildman–Crippen MR) is 104 cm³/mol. The zero-order valence-corrected chi connectivity index (χ0v) is 16.4. The molecule has 8 heteroatoms. The highest BCUT2D eigenvalue weighted by atomic mass is 32.1. The fourth-order valence-corrected chi connectivity index (χ4v) is 2.85. The second-order valence-corrected chi connectivity index (χ2v) is 6.34. The molecule has 0 atom stereocenters. The number of ether oxygens (including phenoxy) is 2. The van der Waals surface area contributed by atoms with E-state index in [-0.39, 0.29) is 0 Å². The number of hydrogen-bond donors (Lipinski definition) is 0. The topological polar surface area (TPSA) is 65.5 Å². The van der Waals surface area contributed by atoms with Crippen molar-refractivity contribution >= 4 is 12.2 Å². The van der Waals surface area contributed by atoms with E-state index in [0.717, 1.165) is 22.6 Å². The molecule has 0 unspecified atom stereocenters. The van der Waals surface area contributed by atoms with Crippen LogP contribution in [-0.2, 0) is 13.2 Å². The summed E-state index contributed by atoms with van der Waals surface area (Å²) in [5.74, 6) is 1.93. The molecule has 0 fully saturated rings. The lowest BCUT2D eigenvalue weighted by Crippen LogP contribution is -2.22. The summed E-state index contributed by atoms with van der Waals surface area (Å²) >= 11 is 5.29. The molecule has 0 radical (unpaired) electrons. The van der Waals surface area contributed by atoms with E-state index < -0.39 is 0 Å². The van der Waals surface area contributed by atoms with Gasteiger partial charge in [-0.25, -0.2) is 4.68 Å². The van der Waals surface area contributed by atoms with Crippen molar-refractivity contribution in [3.05, 3.63) is 53.1 Å². The Hall–Kier alpha value is -2.71. The van der Waals surface area contributed by atoms with Gasteiger partial charge in [-0.2, -0.15) is 0 Å². The zero-order chi connectivity index (χ0) is 19.2. The first-order valence-corrected chi connectivity index (χ1v) is 8.98.